The molecular weight excluding hydrogens is 374 g/mol. The van der Waals surface area contributed by atoms with Gasteiger partial charge in [0.25, 0.3) is 5.91 Å². The Morgan fingerprint density at radius 2 is 1.81 bits per heavy atom. The summed E-state index contributed by atoms with van der Waals surface area (Å²) in [6.45, 7) is 2.49. The van der Waals surface area contributed by atoms with E-state index in [2.05, 4.69) is 10.0 Å². The molecule has 1 amide bonds. The number of benzene rings is 2. The van der Waals surface area contributed by atoms with Crippen molar-refractivity contribution < 1.29 is 13.2 Å². The Balaban J connectivity index is 0.00000338. The lowest BCUT2D eigenvalue weighted by Crippen LogP contribution is -2.29. The molecule has 6 nitrogen and oxygen atoms in total. The fourth-order valence-electron chi connectivity index (χ4n) is 2.18. The molecule has 0 heterocycles. The van der Waals surface area contributed by atoms with Gasteiger partial charge in [-0.1, -0.05) is 36.4 Å². The van der Waals surface area contributed by atoms with Crippen LogP contribution in [0.25, 0.3) is 0 Å². The van der Waals surface area contributed by atoms with Gasteiger partial charge < -0.3 is 11.1 Å². The lowest BCUT2D eigenvalue weighted by Gasteiger charge is -2.10. The number of nitrogens with two attached hydrogens (primary N) is 1. The topological polar surface area (TPSA) is 101 Å². The van der Waals surface area contributed by atoms with E-state index in [4.69, 9.17) is 5.73 Å². The SMILES string of the molecule is CC(N)CCNC(=O)c1cccc(S(=O)(=O)NCc2ccccc2)c1.Cl. The molecule has 0 radical (unpaired) electrons. The lowest BCUT2D eigenvalue weighted by molar-refractivity contribution is 0.0952. The van der Waals surface area contributed by atoms with Gasteiger partial charge in [-0.05, 0) is 37.1 Å². The standard InChI is InChI=1S/C18H23N3O3S.ClH/c1-14(19)10-11-20-18(22)16-8-5-9-17(12-16)25(23,24)21-13-15-6-3-2-4-7-15;/h2-9,12,14,21H,10-11,13,19H2,1H3,(H,20,22);1H. The summed E-state index contributed by atoms with van der Waals surface area (Å²) in [5, 5.41) is 2.73. The zero-order valence-corrected chi connectivity index (χ0v) is 16.1. The summed E-state index contributed by atoms with van der Waals surface area (Å²) in [6.07, 6.45) is 0.655. The summed E-state index contributed by atoms with van der Waals surface area (Å²) >= 11 is 0. The second-order valence-corrected chi connectivity index (χ2v) is 7.63. The first kappa shape index (κ1) is 22.1. The van der Waals surface area contributed by atoms with E-state index in [0.717, 1.165) is 5.56 Å². The molecule has 0 saturated carbocycles. The van der Waals surface area contributed by atoms with Crippen molar-refractivity contribution in [1.82, 2.24) is 10.0 Å². The zero-order chi connectivity index (χ0) is 18.3. The fraction of sp³-hybridized carbons (Fsp3) is 0.278. The Labute approximate surface area is 160 Å². The molecule has 0 fully saturated rings. The number of hydrogen-bond donors (Lipinski definition) is 3. The van der Waals surface area contributed by atoms with Crippen LogP contribution in [0.5, 0.6) is 0 Å². The Morgan fingerprint density at radius 3 is 2.46 bits per heavy atom. The van der Waals surface area contributed by atoms with E-state index in [0.29, 0.717) is 18.5 Å². The summed E-state index contributed by atoms with van der Waals surface area (Å²) < 4.78 is 27.4. The van der Waals surface area contributed by atoms with E-state index >= 15 is 0 Å². The Morgan fingerprint density at radius 1 is 1.12 bits per heavy atom. The minimum atomic E-state index is -3.70. The van der Waals surface area contributed by atoms with Crippen molar-refractivity contribution in [2.75, 3.05) is 6.54 Å². The fourth-order valence-corrected chi connectivity index (χ4v) is 3.24. The van der Waals surface area contributed by atoms with Crippen molar-refractivity contribution in [1.29, 1.82) is 0 Å². The Bertz CT molecular complexity index is 811. The van der Waals surface area contributed by atoms with Crippen LogP contribution in [0.1, 0.15) is 29.3 Å². The van der Waals surface area contributed by atoms with Crippen LogP contribution in [0.2, 0.25) is 0 Å². The van der Waals surface area contributed by atoms with Gasteiger partial charge in [0.1, 0.15) is 0 Å². The third kappa shape index (κ3) is 6.76. The van der Waals surface area contributed by atoms with Gasteiger partial charge in [-0.25, -0.2) is 13.1 Å². The number of carbonyl (C=O) groups is 1. The van der Waals surface area contributed by atoms with E-state index in [1.165, 1.54) is 12.1 Å². The number of halogens is 1. The van der Waals surface area contributed by atoms with E-state index in [1.807, 2.05) is 37.3 Å². The number of rotatable bonds is 8. The average Bonchev–Trinajstić information content (AvgIpc) is 2.61. The number of nitrogens with one attached hydrogen (secondary N) is 2. The van der Waals surface area contributed by atoms with Crippen molar-refractivity contribution >= 4 is 28.3 Å². The highest BCUT2D eigenvalue weighted by Gasteiger charge is 2.16. The van der Waals surface area contributed by atoms with Crippen molar-refractivity contribution in [3.05, 3.63) is 65.7 Å². The van der Waals surface area contributed by atoms with Crippen molar-refractivity contribution in [2.45, 2.75) is 30.8 Å². The van der Waals surface area contributed by atoms with Crippen LogP contribution >= 0.6 is 12.4 Å². The predicted octanol–water partition coefficient (Wildman–Crippen LogP) is 2.05. The van der Waals surface area contributed by atoms with Crippen LogP contribution in [0, 0.1) is 0 Å². The quantitative estimate of drug-likeness (QED) is 0.634. The van der Waals surface area contributed by atoms with Crippen molar-refractivity contribution in [3.63, 3.8) is 0 Å². The molecule has 1 unspecified atom stereocenters. The first-order valence-corrected chi connectivity index (χ1v) is 9.54. The number of sulfonamides is 1. The maximum atomic E-state index is 12.4. The lowest BCUT2D eigenvalue weighted by atomic mass is 10.2. The van der Waals surface area contributed by atoms with Crippen LogP contribution in [0.15, 0.2) is 59.5 Å². The van der Waals surface area contributed by atoms with E-state index < -0.39 is 10.0 Å². The maximum absolute atomic E-state index is 12.4. The molecule has 4 N–H and O–H groups in total. The van der Waals surface area contributed by atoms with Gasteiger partial charge in [0, 0.05) is 24.7 Å². The molecule has 0 saturated heterocycles. The summed E-state index contributed by atoms with van der Waals surface area (Å²) in [7, 11) is -3.70. The molecule has 0 aromatic heterocycles. The second kappa shape index (κ2) is 10.3. The summed E-state index contributed by atoms with van der Waals surface area (Å²) in [4.78, 5) is 12.2. The van der Waals surface area contributed by atoms with Gasteiger partial charge in [0.2, 0.25) is 10.0 Å². The highest BCUT2D eigenvalue weighted by atomic mass is 35.5. The van der Waals surface area contributed by atoms with Gasteiger partial charge in [0.05, 0.1) is 4.90 Å². The smallest absolute Gasteiger partial charge is 0.251 e. The minimum absolute atomic E-state index is 0. The van der Waals surface area contributed by atoms with Crippen molar-refractivity contribution in [3.8, 4) is 0 Å². The number of hydrogen-bond acceptors (Lipinski definition) is 4. The maximum Gasteiger partial charge on any atom is 0.251 e. The average molecular weight is 398 g/mol. The molecule has 0 aliphatic carbocycles. The monoisotopic (exact) mass is 397 g/mol. The normalized spacial score (nSPS) is 12.1. The van der Waals surface area contributed by atoms with Crippen LogP contribution in [-0.4, -0.2) is 26.9 Å². The second-order valence-electron chi connectivity index (χ2n) is 5.86. The van der Waals surface area contributed by atoms with Crippen molar-refractivity contribution in [2.24, 2.45) is 5.73 Å². The molecule has 0 bridgehead atoms. The van der Waals surface area contributed by atoms with Gasteiger partial charge in [-0.2, -0.15) is 0 Å². The van der Waals surface area contributed by atoms with Crippen LogP contribution in [0.3, 0.4) is 0 Å². The predicted molar refractivity (Wildman–Crippen MR) is 105 cm³/mol. The van der Waals surface area contributed by atoms with E-state index in [-0.39, 0.29) is 35.8 Å². The van der Waals surface area contributed by atoms with Crippen LogP contribution in [-0.2, 0) is 16.6 Å². The summed E-state index contributed by atoms with van der Waals surface area (Å²) in [6, 6.07) is 15.2. The summed E-state index contributed by atoms with van der Waals surface area (Å²) in [5.74, 6) is -0.319. The largest absolute Gasteiger partial charge is 0.352 e. The van der Waals surface area contributed by atoms with Crippen LogP contribution in [0.4, 0.5) is 0 Å². The van der Waals surface area contributed by atoms with Gasteiger partial charge in [-0.15, -0.1) is 12.4 Å². The molecule has 2 rings (SSSR count). The minimum Gasteiger partial charge on any atom is -0.352 e. The summed E-state index contributed by atoms with van der Waals surface area (Å²) in [5.41, 5.74) is 6.80. The molecule has 2 aromatic rings. The Hall–Kier alpha value is -1.93. The van der Waals surface area contributed by atoms with Gasteiger partial charge in [0.15, 0.2) is 0 Å². The molecule has 2 aromatic carbocycles. The van der Waals surface area contributed by atoms with Gasteiger partial charge >= 0.3 is 0 Å². The molecule has 0 spiro atoms. The van der Waals surface area contributed by atoms with Gasteiger partial charge in [-0.3, -0.25) is 4.79 Å². The Kier molecular flexibility index (Phi) is 8.74. The molecule has 142 valence electrons. The van der Waals surface area contributed by atoms with Crippen LogP contribution < -0.4 is 15.8 Å². The molecule has 0 aliphatic heterocycles. The molecule has 26 heavy (non-hydrogen) atoms. The highest BCUT2D eigenvalue weighted by Crippen LogP contribution is 2.12. The first-order valence-electron chi connectivity index (χ1n) is 8.06. The third-order valence-electron chi connectivity index (χ3n) is 3.60. The van der Waals surface area contributed by atoms with E-state index in [9.17, 15) is 13.2 Å². The number of amides is 1. The molecule has 0 aliphatic rings. The highest BCUT2D eigenvalue weighted by molar-refractivity contribution is 7.89. The number of carbonyl (C=O) groups excluding carboxylic acids is 1. The molecule has 8 heteroatoms. The molecule has 1 atom stereocenters. The zero-order valence-electron chi connectivity index (χ0n) is 14.5. The molecular formula is C18H24ClN3O3S. The van der Waals surface area contributed by atoms with E-state index in [1.54, 1.807) is 12.1 Å². The third-order valence-corrected chi connectivity index (χ3v) is 5.00. The first-order chi connectivity index (χ1) is 11.9.